The highest BCUT2D eigenvalue weighted by molar-refractivity contribution is 7.80. The van der Waals surface area contributed by atoms with E-state index in [2.05, 4.69) is 30.9 Å². The van der Waals surface area contributed by atoms with Crippen molar-refractivity contribution in [1.82, 2.24) is 20.6 Å². The molecule has 0 aliphatic heterocycles. The third-order valence-corrected chi connectivity index (χ3v) is 2.85. The summed E-state index contributed by atoms with van der Waals surface area (Å²) in [4.78, 5) is 13.0. The predicted octanol–water partition coefficient (Wildman–Crippen LogP) is 0.618. The number of hydrogen-bond donors (Lipinski definition) is 3. The minimum atomic E-state index is 0.440. The van der Waals surface area contributed by atoms with Crippen LogP contribution < -0.4 is 16.0 Å². The molecule has 128 valence electrons. The van der Waals surface area contributed by atoms with Crippen LogP contribution in [-0.2, 0) is 9.47 Å². The highest BCUT2D eigenvalue weighted by Crippen LogP contribution is 2.03. The van der Waals surface area contributed by atoms with Crippen LogP contribution in [0.2, 0.25) is 0 Å². The summed E-state index contributed by atoms with van der Waals surface area (Å²) in [6, 6.07) is 1.90. The Labute approximate surface area is 142 Å². The first-order valence-electron chi connectivity index (χ1n) is 7.21. The van der Waals surface area contributed by atoms with E-state index < -0.39 is 0 Å². The summed E-state index contributed by atoms with van der Waals surface area (Å²) < 4.78 is 9.97. The average molecular weight is 340 g/mol. The van der Waals surface area contributed by atoms with Crippen molar-refractivity contribution in [1.29, 1.82) is 0 Å². The Kier molecular flexibility index (Phi) is 9.03. The van der Waals surface area contributed by atoms with Gasteiger partial charge in [-0.3, -0.25) is 10.3 Å². The van der Waals surface area contributed by atoms with Gasteiger partial charge in [0.05, 0.1) is 19.8 Å². The van der Waals surface area contributed by atoms with Crippen molar-refractivity contribution in [2.45, 2.75) is 13.8 Å². The summed E-state index contributed by atoms with van der Waals surface area (Å²) in [6.07, 6.45) is 0. The van der Waals surface area contributed by atoms with Gasteiger partial charge in [-0.25, -0.2) is 9.97 Å². The number of nitrogens with one attached hydrogen (secondary N) is 3. The maximum Gasteiger partial charge on any atom is 0.229 e. The van der Waals surface area contributed by atoms with Gasteiger partial charge < -0.3 is 20.1 Å². The second-order valence-corrected chi connectivity index (χ2v) is 5.10. The van der Waals surface area contributed by atoms with Crippen molar-refractivity contribution < 1.29 is 9.47 Å². The molecule has 0 aliphatic rings. The average Bonchev–Trinajstić information content (AvgIpc) is 2.46. The number of rotatable bonds is 7. The van der Waals surface area contributed by atoms with Crippen LogP contribution in [0.25, 0.3) is 0 Å². The number of hydrogen-bond acceptors (Lipinski definition) is 6. The van der Waals surface area contributed by atoms with E-state index in [0.717, 1.165) is 11.4 Å². The molecule has 8 nitrogen and oxygen atoms in total. The molecule has 0 aromatic carbocycles. The number of aliphatic imine (C=N–C) groups is 1. The number of thiocarbonyl (C=S) groups is 1. The molecule has 1 aromatic rings. The number of aryl methyl sites for hydroxylation is 2. The Hall–Kier alpha value is -1.84. The zero-order chi connectivity index (χ0) is 17.1. The number of aromatic nitrogens is 2. The Balaban J connectivity index is 2.71. The van der Waals surface area contributed by atoms with Gasteiger partial charge in [0.1, 0.15) is 0 Å². The Morgan fingerprint density at radius 3 is 2.43 bits per heavy atom. The van der Waals surface area contributed by atoms with Crippen LogP contribution >= 0.6 is 12.2 Å². The topological polar surface area (TPSA) is 92.7 Å². The molecule has 9 heteroatoms. The zero-order valence-electron chi connectivity index (χ0n) is 14.0. The minimum absolute atomic E-state index is 0.440. The van der Waals surface area contributed by atoms with Crippen molar-refractivity contribution >= 4 is 29.2 Å². The Bertz CT molecular complexity index is 518. The molecule has 0 fully saturated rings. The molecule has 1 aromatic heterocycles. The third-order valence-electron chi connectivity index (χ3n) is 2.60. The van der Waals surface area contributed by atoms with Crippen LogP contribution in [-0.4, -0.2) is 61.6 Å². The number of ether oxygens (including phenoxy) is 2. The summed E-state index contributed by atoms with van der Waals surface area (Å²) in [5.74, 6) is 0.924. The lowest BCUT2D eigenvalue weighted by Gasteiger charge is -2.14. The zero-order valence-corrected chi connectivity index (χ0v) is 14.8. The summed E-state index contributed by atoms with van der Waals surface area (Å²) in [6.45, 7) is 5.97. The maximum absolute atomic E-state index is 5.22. The minimum Gasteiger partial charge on any atom is -0.383 e. The molecule has 0 spiro atoms. The molecular weight excluding hydrogens is 316 g/mol. The summed E-state index contributed by atoms with van der Waals surface area (Å²) in [5.41, 5.74) is 1.74. The van der Waals surface area contributed by atoms with Gasteiger partial charge in [0.15, 0.2) is 5.11 Å². The Morgan fingerprint density at radius 1 is 1.17 bits per heavy atom. The molecule has 0 saturated carbocycles. The largest absolute Gasteiger partial charge is 0.383 e. The van der Waals surface area contributed by atoms with Gasteiger partial charge in [-0.05, 0) is 32.1 Å². The molecule has 0 saturated heterocycles. The van der Waals surface area contributed by atoms with Gasteiger partial charge in [-0.2, -0.15) is 0 Å². The van der Waals surface area contributed by atoms with Crippen molar-refractivity contribution in [2.75, 3.05) is 45.8 Å². The highest BCUT2D eigenvalue weighted by atomic mass is 32.1. The fraction of sp³-hybridized carbons (Fsp3) is 0.571. The SMILES string of the molecule is COCCN=C(NC(=S)NCCOC)Nc1nc(C)cc(C)n1. The van der Waals surface area contributed by atoms with E-state index in [1.54, 1.807) is 14.2 Å². The van der Waals surface area contributed by atoms with E-state index in [9.17, 15) is 0 Å². The monoisotopic (exact) mass is 340 g/mol. The number of methoxy groups -OCH3 is 2. The lowest BCUT2D eigenvalue weighted by atomic mass is 10.4. The molecule has 0 unspecified atom stereocenters. The molecule has 0 bridgehead atoms. The normalized spacial score (nSPS) is 11.2. The lowest BCUT2D eigenvalue weighted by Crippen LogP contribution is -2.44. The van der Waals surface area contributed by atoms with E-state index >= 15 is 0 Å². The van der Waals surface area contributed by atoms with Crippen LogP contribution in [0, 0.1) is 13.8 Å². The van der Waals surface area contributed by atoms with Gasteiger partial charge >= 0.3 is 0 Å². The van der Waals surface area contributed by atoms with E-state index in [4.69, 9.17) is 21.7 Å². The summed E-state index contributed by atoms with van der Waals surface area (Å²) in [5, 5.41) is 9.49. The van der Waals surface area contributed by atoms with Crippen molar-refractivity contribution in [2.24, 2.45) is 4.99 Å². The molecule has 3 N–H and O–H groups in total. The molecule has 0 radical (unpaired) electrons. The highest BCUT2D eigenvalue weighted by Gasteiger charge is 2.06. The van der Waals surface area contributed by atoms with E-state index in [1.165, 1.54) is 0 Å². The smallest absolute Gasteiger partial charge is 0.229 e. The molecule has 0 atom stereocenters. The van der Waals surface area contributed by atoms with Gasteiger partial charge in [0.25, 0.3) is 0 Å². The Morgan fingerprint density at radius 2 is 1.83 bits per heavy atom. The van der Waals surface area contributed by atoms with E-state index in [-0.39, 0.29) is 0 Å². The van der Waals surface area contributed by atoms with E-state index in [0.29, 0.717) is 43.3 Å². The second-order valence-electron chi connectivity index (χ2n) is 4.70. The van der Waals surface area contributed by atoms with Crippen LogP contribution in [0.5, 0.6) is 0 Å². The van der Waals surface area contributed by atoms with Gasteiger partial charge in [-0.1, -0.05) is 0 Å². The van der Waals surface area contributed by atoms with Crippen LogP contribution in [0.1, 0.15) is 11.4 Å². The van der Waals surface area contributed by atoms with Gasteiger partial charge in [0, 0.05) is 32.2 Å². The molecule has 1 heterocycles. The van der Waals surface area contributed by atoms with Crippen molar-refractivity contribution in [3.05, 3.63) is 17.5 Å². The molecule has 0 amide bonds. The fourth-order valence-electron chi connectivity index (χ4n) is 1.67. The molecule has 1 rings (SSSR count). The molecule has 0 aliphatic carbocycles. The van der Waals surface area contributed by atoms with Crippen molar-refractivity contribution in [3.8, 4) is 0 Å². The van der Waals surface area contributed by atoms with Gasteiger partial charge in [-0.15, -0.1) is 0 Å². The number of nitrogens with zero attached hydrogens (tertiary/aromatic N) is 3. The lowest BCUT2D eigenvalue weighted by molar-refractivity contribution is 0.204. The van der Waals surface area contributed by atoms with Crippen LogP contribution in [0.3, 0.4) is 0 Å². The van der Waals surface area contributed by atoms with Crippen LogP contribution in [0.15, 0.2) is 11.1 Å². The third kappa shape index (κ3) is 8.38. The standard InChI is InChI=1S/C14H24N6O2S/c1-10-9-11(2)18-13(17-10)19-12(15-5-7-21-3)20-14(23)16-6-8-22-4/h9H,5-8H2,1-4H3,(H3,15,16,17,18,19,20,23). The first-order chi connectivity index (χ1) is 11.0. The maximum atomic E-state index is 5.22. The molecule has 23 heavy (non-hydrogen) atoms. The number of anilines is 1. The molecular formula is C14H24N6O2S. The van der Waals surface area contributed by atoms with Crippen molar-refractivity contribution in [3.63, 3.8) is 0 Å². The van der Waals surface area contributed by atoms with Crippen LogP contribution in [0.4, 0.5) is 5.95 Å². The van der Waals surface area contributed by atoms with E-state index in [1.807, 2.05) is 19.9 Å². The summed E-state index contributed by atoms with van der Waals surface area (Å²) in [7, 11) is 3.26. The number of guanidine groups is 1. The first kappa shape index (κ1) is 19.2. The first-order valence-corrected chi connectivity index (χ1v) is 7.62. The summed E-state index contributed by atoms with van der Waals surface area (Å²) >= 11 is 5.22. The second kappa shape index (κ2) is 10.8. The van der Waals surface area contributed by atoms with Gasteiger partial charge in [0.2, 0.25) is 11.9 Å². The quantitative estimate of drug-likeness (QED) is 0.288. The fourth-order valence-corrected chi connectivity index (χ4v) is 1.86. The predicted molar refractivity (Wildman–Crippen MR) is 94.9 cm³/mol.